The van der Waals surface area contributed by atoms with Crippen molar-refractivity contribution in [2.75, 3.05) is 5.32 Å². The molecule has 0 aromatic heterocycles. The number of alkyl halides is 3. The second-order valence-electron chi connectivity index (χ2n) is 5.85. The van der Waals surface area contributed by atoms with Gasteiger partial charge < -0.3 is 14.8 Å². The first-order valence-corrected chi connectivity index (χ1v) is 8.08. The zero-order valence-corrected chi connectivity index (χ0v) is 14.7. The van der Waals surface area contributed by atoms with Gasteiger partial charge in [-0.3, -0.25) is 4.79 Å². The summed E-state index contributed by atoms with van der Waals surface area (Å²) < 4.78 is 46.1. The topological polar surface area (TPSA) is 47.6 Å². The van der Waals surface area contributed by atoms with Gasteiger partial charge >= 0.3 is 6.36 Å². The molecule has 1 amide bonds. The standard InChI is InChI=1S/C19H20F3NO3/c1-4-16(25-17-11-12(2)5-6-13(17)3)18(24)23-14-7-9-15(10-8-14)26-19(20,21)22/h5-11,16H,4H2,1-3H3,(H,23,24)/t16-/m0/s1. The minimum atomic E-state index is -4.75. The summed E-state index contributed by atoms with van der Waals surface area (Å²) in [7, 11) is 0. The highest BCUT2D eigenvalue weighted by molar-refractivity contribution is 5.94. The number of nitrogens with one attached hydrogen (secondary N) is 1. The fraction of sp³-hybridized carbons (Fsp3) is 0.316. The number of ether oxygens (including phenoxy) is 2. The normalized spacial score (nSPS) is 12.4. The third-order valence-electron chi connectivity index (χ3n) is 3.63. The molecule has 0 fully saturated rings. The number of halogens is 3. The van der Waals surface area contributed by atoms with Crippen LogP contribution in [0.5, 0.6) is 11.5 Å². The first-order chi connectivity index (χ1) is 12.2. The van der Waals surface area contributed by atoms with E-state index in [9.17, 15) is 18.0 Å². The molecule has 2 aromatic carbocycles. The average Bonchev–Trinajstić information content (AvgIpc) is 2.56. The first kappa shape index (κ1) is 19.6. The molecule has 0 heterocycles. The van der Waals surface area contributed by atoms with E-state index in [0.717, 1.165) is 23.3 Å². The molecule has 2 aromatic rings. The lowest BCUT2D eigenvalue weighted by atomic mass is 10.1. The number of carbonyl (C=O) groups is 1. The van der Waals surface area contributed by atoms with Gasteiger partial charge in [0.15, 0.2) is 6.10 Å². The highest BCUT2D eigenvalue weighted by Gasteiger charge is 2.31. The Morgan fingerprint density at radius 2 is 1.77 bits per heavy atom. The highest BCUT2D eigenvalue weighted by atomic mass is 19.4. The second-order valence-corrected chi connectivity index (χ2v) is 5.85. The van der Waals surface area contributed by atoms with Crippen LogP contribution in [0.4, 0.5) is 18.9 Å². The molecule has 2 rings (SSSR count). The van der Waals surface area contributed by atoms with E-state index in [2.05, 4.69) is 10.1 Å². The molecule has 0 bridgehead atoms. The number of carbonyl (C=O) groups excluding carboxylic acids is 1. The molecule has 0 spiro atoms. The Labute approximate surface area is 149 Å². The van der Waals surface area contributed by atoms with Crippen LogP contribution in [0.25, 0.3) is 0 Å². The van der Waals surface area contributed by atoms with Gasteiger partial charge in [-0.1, -0.05) is 19.1 Å². The predicted molar refractivity (Wildman–Crippen MR) is 92.4 cm³/mol. The highest BCUT2D eigenvalue weighted by Crippen LogP contribution is 2.25. The summed E-state index contributed by atoms with van der Waals surface area (Å²) in [6.07, 6.45) is -5.03. The summed E-state index contributed by atoms with van der Waals surface area (Å²) in [6.45, 7) is 5.63. The van der Waals surface area contributed by atoms with E-state index in [0.29, 0.717) is 17.9 Å². The SMILES string of the molecule is CC[C@H](Oc1cc(C)ccc1C)C(=O)Nc1ccc(OC(F)(F)F)cc1. The van der Waals surface area contributed by atoms with Gasteiger partial charge in [0, 0.05) is 5.69 Å². The third kappa shape index (κ3) is 5.68. The first-order valence-electron chi connectivity index (χ1n) is 8.08. The van der Waals surface area contributed by atoms with Gasteiger partial charge in [0.25, 0.3) is 5.91 Å². The largest absolute Gasteiger partial charge is 0.573 e. The summed E-state index contributed by atoms with van der Waals surface area (Å²) in [5.74, 6) is -0.104. The van der Waals surface area contributed by atoms with Crippen molar-refractivity contribution in [3.63, 3.8) is 0 Å². The molecule has 0 radical (unpaired) electrons. The summed E-state index contributed by atoms with van der Waals surface area (Å²) in [5, 5.41) is 2.64. The quantitative estimate of drug-likeness (QED) is 0.782. The average molecular weight is 367 g/mol. The molecule has 140 valence electrons. The minimum Gasteiger partial charge on any atom is -0.480 e. The summed E-state index contributed by atoms with van der Waals surface area (Å²) in [4.78, 5) is 12.4. The Morgan fingerprint density at radius 3 is 2.35 bits per heavy atom. The number of amides is 1. The molecule has 4 nitrogen and oxygen atoms in total. The van der Waals surface area contributed by atoms with Crippen molar-refractivity contribution in [2.45, 2.75) is 39.7 Å². The smallest absolute Gasteiger partial charge is 0.480 e. The molecule has 0 aliphatic carbocycles. The summed E-state index contributed by atoms with van der Waals surface area (Å²) in [5.41, 5.74) is 2.28. The van der Waals surface area contributed by atoms with Crippen molar-refractivity contribution in [3.05, 3.63) is 53.6 Å². The molecule has 1 N–H and O–H groups in total. The number of aryl methyl sites for hydroxylation is 2. The number of hydrogen-bond acceptors (Lipinski definition) is 3. The van der Waals surface area contributed by atoms with Crippen molar-refractivity contribution in [2.24, 2.45) is 0 Å². The van der Waals surface area contributed by atoms with E-state index in [1.807, 2.05) is 39.0 Å². The molecule has 0 aliphatic rings. The molecular formula is C19H20F3NO3. The van der Waals surface area contributed by atoms with E-state index in [-0.39, 0.29) is 11.7 Å². The lowest BCUT2D eigenvalue weighted by molar-refractivity contribution is -0.274. The van der Waals surface area contributed by atoms with Gasteiger partial charge in [-0.25, -0.2) is 0 Å². The van der Waals surface area contributed by atoms with Gasteiger partial charge in [0.2, 0.25) is 0 Å². The minimum absolute atomic E-state index is 0.353. The van der Waals surface area contributed by atoms with Gasteiger partial charge in [-0.05, 0) is 61.7 Å². The molecule has 0 aliphatic heterocycles. The van der Waals surface area contributed by atoms with E-state index < -0.39 is 12.5 Å². The fourth-order valence-electron chi connectivity index (χ4n) is 2.27. The van der Waals surface area contributed by atoms with Crippen LogP contribution in [0.3, 0.4) is 0 Å². The lowest BCUT2D eigenvalue weighted by Crippen LogP contribution is -2.32. The molecule has 0 saturated carbocycles. The zero-order chi connectivity index (χ0) is 19.3. The lowest BCUT2D eigenvalue weighted by Gasteiger charge is -2.19. The molecule has 0 saturated heterocycles. The van der Waals surface area contributed by atoms with E-state index in [1.54, 1.807) is 0 Å². The molecule has 0 unspecified atom stereocenters. The van der Waals surface area contributed by atoms with Gasteiger partial charge in [-0.2, -0.15) is 0 Å². The van der Waals surface area contributed by atoms with Crippen molar-refractivity contribution < 1.29 is 27.4 Å². The van der Waals surface area contributed by atoms with Gasteiger partial charge in [0.1, 0.15) is 11.5 Å². The summed E-state index contributed by atoms with van der Waals surface area (Å²) in [6, 6.07) is 10.7. The van der Waals surface area contributed by atoms with Crippen molar-refractivity contribution in [3.8, 4) is 11.5 Å². The van der Waals surface area contributed by atoms with E-state index >= 15 is 0 Å². The Hall–Kier alpha value is -2.70. The van der Waals surface area contributed by atoms with Crippen LogP contribution in [-0.2, 0) is 4.79 Å². The van der Waals surface area contributed by atoms with E-state index in [4.69, 9.17) is 4.74 Å². The van der Waals surface area contributed by atoms with Gasteiger partial charge in [0.05, 0.1) is 0 Å². The Bertz CT molecular complexity index is 758. The Balaban J connectivity index is 2.03. The zero-order valence-electron chi connectivity index (χ0n) is 14.7. The Morgan fingerprint density at radius 1 is 1.12 bits per heavy atom. The molecule has 26 heavy (non-hydrogen) atoms. The maximum atomic E-state index is 12.4. The maximum absolute atomic E-state index is 12.4. The Kier molecular flexibility index (Phi) is 6.13. The molecular weight excluding hydrogens is 347 g/mol. The van der Waals surface area contributed by atoms with Crippen molar-refractivity contribution >= 4 is 11.6 Å². The third-order valence-corrected chi connectivity index (χ3v) is 3.63. The monoisotopic (exact) mass is 367 g/mol. The second kappa shape index (κ2) is 8.12. The van der Waals surface area contributed by atoms with Crippen molar-refractivity contribution in [1.82, 2.24) is 0 Å². The molecule has 1 atom stereocenters. The van der Waals surface area contributed by atoms with Crippen LogP contribution in [0, 0.1) is 13.8 Å². The van der Waals surface area contributed by atoms with E-state index in [1.165, 1.54) is 12.1 Å². The van der Waals surface area contributed by atoms with Crippen LogP contribution >= 0.6 is 0 Å². The number of benzene rings is 2. The van der Waals surface area contributed by atoms with Crippen LogP contribution < -0.4 is 14.8 Å². The van der Waals surface area contributed by atoms with Crippen LogP contribution in [0.1, 0.15) is 24.5 Å². The fourth-order valence-corrected chi connectivity index (χ4v) is 2.27. The summed E-state index contributed by atoms with van der Waals surface area (Å²) >= 11 is 0. The number of anilines is 1. The van der Waals surface area contributed by atoms with Crippen molar-refractivity contribution in [1.29, 1.82) is 0 Å². The van der Waals surface area contributed by atoms with Gasteiger partial charge in [-0.15, -0.1) is 13.2 Å². The molecule has 7 heteroatoms. The maximum Gasteiger partial charge on any atom is 0.573 e. The number of hydrogen-bond donors (Lipinski definition) is 1. The van der Waals surface area contributed by atoms with Crippen LogP contribution in [-0.4, -0.2) is 18.4 Å². The number of rotatable bonds is 6. The van der Waals surface area contributed by atoms with Crippen LogP contribution in [0.2, 0.25) is 0 Å². The predicted octanol–water partition coefficient (Wildman–Crippen LogP) is 5.00. The van der Waals surface area contributed by atoms with Crippen LogP contribution in [0.15, 0.2) is 42.5 Å².